The van der Waals surface area contributed by atoms with E-state index in [9.17, 15) is 4.39 Å². The summed E-state index contributed by atoms with van der Waals surface area (Å²) in [7, 11) is 0. The van der Waals surface area contributed by atoms with Crippen molar-refractivity contribution in [1.29, 1.82) is 0 Å². The summed E-state index contributed by atoms with van der Waals surface area (Å²) < 4.78 is 18.8. The lowest BCUT2D eigenvalue weighted by Gasteiger charge is -2.17. The number of pyridine rings is 2. The molecule has 1 atom stereocenters. The third-order valence-corrected chi connectivity index (χ3v) is 2.67. The van der Waals surface area contributed by atoms with Crippen LogP contribution in [0, 0.1) is 5.82 Å². The summed E-state index contributed by atoms with van der Waals surface area (Å²) in [6, 6.07) is 2.80. The van der Waals surface area contributed by atoms with Crippen LogP contribution in [-0.2, 0) is 0 Å². The zero-order valence-electron chi connectivity index (χ0n) is 11.4. The van der Waals surface area contributed by atoms with Crippen LogP contribution >= 0.6 is 0 Å². The summed E-state index contributed by atoms with van der Waals surface area (Å²) in [5.74, 6) is 5.80. The highest BCUT2D eigenvalue weighted by atomic mass is 19.1. The molecule has 5 nitrogen and oxygen atoms in total. The van der Waals surface area contributed by atoms with Gasteiger partial charge in [-0.3, -0.25) is 15.8 Å². The number of hydrogen-bond donors (Lipinski definition) is 2. The van der Waals surface area contributed by atoms with Crippen molar-refractivity contribution in [2.45, 2.75) is 26.0 Å². The van der Waals surface area contributed by atoms with Gasteiger partial charge in [0.2, 0.25) is 0 Å². The minimum Gasteiger partial charge on any atom is -0.489 e. The Morgan fingerprint density at radius 3 is 2.35 bits per heavy atom. The number of nitrogens with zero attached hydrogens (tertiary/aromatic N) is 2. The van der Waals surface area contributed by atoms with Crippen LogP contribution in [0.5, 0.6) is 5.75 Å². The Morgan fingerprint density at radius 1 is 1.10 bits per heavy atom. The van der Waals surface area contributed by atoms with Crippen LogP contribution < -0.4 is 16.0 Å². The molecule has 6 heteroatoms. The number of halogens is 1. The van der Waals surface area contributed by atoms with Crippen LogP contribution in [-0.4, -0.2) is 16.1 Å². The second-order valence-corrected chi connectivity index (χ2v) is 4.66. The van der Waals surface area contributed by atoms with E-state index >= 15 is 0 Å². The second-order valence-electron chi connectivity index (χ2n) is 4.66. The number of hydrazine groups is 1. The standard InChI is InChI=1S/C14H17FN4O/c1-9(2)20-13-4-11(6-18-8-13)14(19-16)10-3-12(15)7-17-5-10/h3-9,14,19H,16H2,1-2H3. The normalized spacial score (nSPS) is 12.4. The van der Waals surface area contributed by atoms with Crippen molar-refractivity contribution in [1.82, 2.24) is 15.4 Å². The van der Waals surface area contributed by atoms with Crippen molar-refractivity contribution < 1.29 is 9.13 Å². The minimum atomic E-state index is -0.412. The Kier molecular flexibility index (Phi) is 4.60. The van der Waals surface area contributed by atoms with E-state index in [0.29, 0.717) is 11.3 Å². The molecule has 2 aromatic heterocycles. The Hall–Kier alpha value is -2.05. The third-order valence-electron chi connectivity index (χ3n) is 2.67. The van der Waals surface area contributed by atoms with Crippen molar-refractivity contribution >= 4 is 0 Å². The third kappa shape index (κ3) is 3.49. The van der Waals surface area contributed by atoms with Crippen molar-refractivity contribution in [2.75, 3.05) is 0 Å². The Labute approximate surface area is 117 Å². The fourth-order valence-electron chi connectivity index (χ4n) is 1.90. The molecule has 3 N–H and O–H groups in total. The molecular formula is C14H17FN4O. The smallest absolute Gasteiger partial charge is 0.141 e. The van der Waals surface area contributed by atoms with E-state index in [0.717, 1.165) is 11.8 Å². The molecule has 20 heavy (non-hydrogen) atoms. The molecule has 106 valence electrons. The second kappa shape index (κ2) is 6.40. The van der Waals surface area contributed by atoms with Gasteiger partial charge < -0.3 is 4.74 Å². The van der Waals surface area contributed by atoms with Gasteiger partial charge in [0.15, 0.2) is 0 Å². The topological polar surface area (TPSA) is 73.1 Å². The summed E-state index contributed by atoms with van der Waals surface area (Å²) in [5.41, 5.74) is 4.04. The molecule has 2 rings (SSSR count). The van der Waals surface area contributed by atoms with E-state index in [-0.39, 0.29) is 6.10 Å². The first-order valence-electron chi connectivity index (χ1n) is 6.28. The number of ether oxygens (including phenoxy) is 1. The van der Waals surface area contributed by atoms with Gasteiger partial charge in [-0.2, -0.15) is 0 Å². The van der Waals surface area contributed by atoms with Crippen molar-refractivity contribution in [3.05, 3.63) is 53.9 Å². The Balaban J connectivity index is 2.32. The molecule has 0 aliphatic heterocycles. The van der Waals surface area contributed by atoms with Gasteiger partial charge in [-0.05, 0) is 37.1 Å². The molecule has 0 spiro atoms. The molecular weight excluding hydrogens is 259 g/mol. The van der Waals surface area contributed by atoms with E-state index < -0.39 is 11.9 Å². The van der Waals surface area contributed by atoms with E-state index in [4.69, 9.17) is 10.6 Å². The highest BCUT2D eigenvalue weighted by Gasteiger charge is 2.15. The molecule has 0 aromatic carbocycles. The van der Waals surface area contributed by atoms with Gasteiger partial charge in [0.25, 0.3) is 0 Å². The highest BCUT2D eigenvalue weighted by molar-refractivity contribution is 5.33. The van der Waals surface area contributed by atoms with Gasteiger partial charge in [0.1, 0.15) is 11.6 Å². The van der Waals surface area contributed by atoms with E-state index in [1.807, 2.05) is 19.9 Å². The van der Waals surface area contributed by atoms with E-state index in [1.165, 1.54) is 6.07 Å². The highest BCUT2D eigenvalue weighted by Crippen LogP contribution is 2.24. The van der Waals surface area contributed by atoms with Crippen LogP contribution in [0.3, 0.4) is 0 Å². The predicted molar refractivity (Wildman–Crippen MR) is 73.4 cm³/mol. The molecule has 0 saturated carbocycles. The summed E-state index contributed by atoms with van der Waals surface area (Å²) in [6.07, 6.45) is 6.04. The lowest BCUT2D eigenvalue weighted by molar-refractivity contribution is 0.241. The molecule has 0 bridgehead atoms. The molecule has 0 fully saturated rings. The average Bonchev–Trinajstić information content (AvgIpc) is 2.39. The van der Waals surface area contributed by atoms with Crippen molar-refractivity contribution in [3.63, 3.8) is 0 Å². The monoisotopic (exact) mass is 276 g/mol. The fraction of sp³-hybridized carbons (Fsp3) is 0.286. The molecule has 0 aliphatic rings. The van der Waals surface area contributed by atoms with Gasteiger partial charge >= 0.3 is 0 Å². The fourth-order valence-corrected chi connectivity index (χ4v) is 1.90. The molecule has 2 aromatic rings. The first kappa shape index (κ1) is 14.4. The maximum absolute atomic E-state index is 13.3. The lowest BCUT2D eigenvalue weighted by atomic mass is 10.0. The molecule has 0 amide bonds. The summed E-state index contributed by atoms with van der Waals surface area (Å²) in [4.78, 5) is 7.95. The van der Waals surface area contributed by atoms with Crippen LogP contribution in [0.15, 0.2) is 36.9 Å². The molecule has 0 radical (unpaired) electrons. The van der Waals surface area contributed by atoms with Crippen molar-refractivity contribution in [3.8, 4) is 5.75 Å². The van der Waals surface area contributed by atoms with Gasteiger partial charge in [0.05, 0.1) is 24.5 Å². The summed E-state index contributed by atoms with van der Waals surface area (Å²) in [5, 5.41) is 0. The molecule has 2 heterocycles. The average molecular weight is 276 g/mol. The number of hydrogen-bond acceptors (Lipinski definition) is 5. The SMILES string of the molecule is CC(C)Oc1cncc(C(NN)c2cncc(F)c2)c1. The lowest BCUT2D eigenvalue weighted by Crippen LogP contribution is -2.29. The maximum atomic E-state index is 13.3. The van der Waals surface area contributed by atoms with E-state index in [2.05, 4.69) is 15.4 Å². The summed E-state index contributed by atoms with van der Waals surface area (Å²) in [6.45, 7) is 3.86. The van der Waals surface area contributed by atoms with E-state index in [1.54, 1.807) is 18.6 Å². The zero-order chi connectivity index (χ0) is 14.5. The van der Waals surface area contributed by atoms with Crippen molar-refractivity contribution in [2.24, 2.45) is 5.84 Å². The predicted octanol–water partition coefficient (Wildman–Crippen LogP) is 1.96. The van der Waals surface area contributed by atoms with Gasteiger partial charge in [-0.25, -0.2) is 9.82 Å². The largest absolute Gasteiger partial charge is 0.489 e. The van der Waals surface area contributed by atoms with Crippen LogP contribution in [0.4, 0.5) is 4.39 Å². The number of aromatic nitrogens is 2. The first-order valence-corrected chi connectivity index (χ1v) is 6.28. The quantitative estimate of drug-likeness (QED) is 0.645. The zero-order valence-corrected chi connectivity index (χ0v) is 11.4. The van der Waals surface area contributed by atoms with Gasteiger partial charge in [-0.15, -0.1) is 0 Å². The number of rotatable bonds is 5. The maximum Gasteiger partial charge on any atom is 0.141 e. The Morgan fingerprint density at radius 2 is 1.75 bits per heavy atom. The first-order chi connectivity index (χ1) is 9.60. The minimum absolute atomic E-state index is 0.0483. The number of nitrogens with two attached hydrogens (primary N) is 1. The summed E-state index contributed by atoms with van der Waals surface area (Å²) >= 11 is 0. The molecule has 1 unspecified atom stereocenters. The number of nitrogens with one attached hydrogen (secondary N) is 1. The van der Waals surface area contributed by atoms with Crippen LogP contribution in [0.2, 0.25) is 0 Å². The van der Waals surface area contributed by atoms with Gasteiger partial charge in [-0.1, -0.05) is 0 Å². The molecule has 0 saturated heterocycles. The molecule has 0 aliphatic carbocycles. The van der Waals surface area contributed by atoms with Gasteiger partial charge in [0, 0.05) is 12.4 Å². The Bertz CT molecular complexity index is 577. The van der Waals surface area contributed by atoms with Crippen LogP contribution in [0.25, 0.3) is 0 Å². The van der Waals surface area contributed by atoms with Crippen LogP contribution in [0.1, 0.15) is 31.0 Å².